The van der Waals surface area contributed by atoms with Gasteiger partial charge in [-0.1, -0.05) is 30.3 Å². The van der Waals surface area contributed by atoms with Crippen LogP contribution < -0.4 is 5.32 Å². The monoisotopic (exact) mass is 323 g/mol. The van der Waals surface area contributed by atoms with Crippen molar-refractivity contribution >= 4 is 21.8 Å². The summed E-state index contributed by atoms with van der Waals surface area (Å²) in [6, 6.07) is 10.9. The van der Waals surface area contributed by atoms with Gasteiger partial charge in [-0.15, -0.1) is 0 Å². The molecule has 1 heterocycles. The summed E-state index contributed by atoms with van der Waals surface area (Å²) in [5.41, 5.74) is 0.399. The van der Waals surface area contributed by atoms with Crippen molar-refractivity contribution in [2.45, 2.75) is 12.5 Å². The molecular formula is C14H14BrNO3. The Kier molecular flexibility index (Phi) is 4.07. The number of furan rings is 1. The quantitative estimate of drug-likeness (QED) is 0.909. The molecule has 0 fully saturated rings. The standard InChI is InChI=1S/C14H14BrNO3/c1-14(9-17,10-5-3-2-4-6-10)16-13(18)11-7-8-19-12(11)15/h2-8,17H,9H2,1H3,(H,16,18). The summed E-state index contributed by atoms with van der Waals surface area (Å²) in [4.78, 5) is 12.2. The van der Waals surface area contributed by atoms with E-state index in [2.05, 4.69) is 21.2 Å². The number of benzene rings is 1. The van der Waals surface area contributed by atoms with Gasteiger partial charge in [0.15, 0.2) is 4.67 Å². The largest absolute Gasteiger partial charge is 0.457 e. The molecule has 2 rings (SSSR count). The number of aliphatic hydroxyl groups excluding tert-OH is 1. The van der Waals surface area contributed by atoms with Crippen LogP contribution in [0.5, 0.6) is 0 Å². The van der Waals surface area contributed by atoms with Crippen LogP contribution >= 0.6 is 15.9 Å². The molecule has 1 atom stereocenters. The number of carbonyl (C=O) groups is 1. The van der Waals surface area contributed by atoms with Crippen molar-refractivity contribution in [3.63, 3.8) is 0 Å². The Balaban J connectivity index is 2.25. The van der Waals surface area contributed by atoms with Crippen molar-refractivity contribution in [1.82, 2.24) is 5.32 Å². The highest BCUT2D eigenvalue weighted by molar-refractivity contribution is 9.10. The van der Waals surface area contributed by atoms with Crippen LogP contribution in [0.25, 0.3) is 0 Å². The molecule has 0 aliphatic heterocycles. The number of amides is 1. The van der Waals surface area contributed by atoms with E-state index < -0.39 is 5.54 Å². The zero-order valence-electron chi connectivity index (χ0n) is 10.4. The van der Waals surface area contributed by atoms with Crippen molar-refractivity contribution < 1.29 is 14.3 Å². The Morgan fingerprint density at radius 3 is 2.58 bits per heavy atom. The second-order valence-corrected chi connectivity index (χ2v) is 5.14. The first-order chi connectivity index (χ1) is 9.07. The number of carbonyl (C=O) groups excluding carboxylic acids is 1. The molecule has 4 nitrogen and oxygen atoms in total. The zero-order valence-corrected chi connectivity index (χ0v) is 12.0. The van der Waals surface area contributed by atoms with Gasteiger partial charge in [0.25, 0.3) is 5.91 Å². The number of aliphatic hydroxyl groups is 1. The molecule has 1 aromatic carbocycles. The second kappa shape index (κ2) is 5.59. The molecule has 19 heavy (non-hydrogen) atoms. The molecule has 2 N–H and O–H groups in total. The maximum atomic E-state index is 12.2. The first-order valence-electron chi connectivity index (χ1n) is 5.79. The van der Waals surface area contributed by atoms with Gasteiger partial charge in [-0.25, -0.2) is 0 Å². The lowest BCUT2D eigenvalue weighted by atomic mass is 9.92. The molecule has 1 unspecified atom stereocenters. The Bertz CT molecular complexity index is 567. The first kappa shape index (κ1) is 13.8. The maximum absolute atomic E-state index is 12.2. The first-order valence-corrected chi connectivity index (χ1v) is 6.58. The zero-order chi connectivity index (χ0) is 13.9. The summed E-state index contributed by atoms with van der Waals surface area (Å²) in [5.74, 6) is -0.305. The van der Waals surface area contributed by atoms with E-state index in [9.17, 15) is 9.90 Å². The van der Waals surface area contributed by atoms with E-state index in [1.807, 2.05) is 30.3 Å². The molecule has 100 valence electrons. The molecule has 0 bridgehead atoms. The predicted octanol–water partition coefficient (Wildman–Crippen LogP) is 2.68. The average Bonchev–Trinajstić information content (AvgIpc) is 2.86. The summed E-state index contributed by atoms with van der Waals surface area (Å²) in [6.45, 7) is 1.58. The third-order valence-electron chi connectivity index (χ3n) is 2.98. The normalized spacial score (nSPS) is 13.8. The lowest BCUT2D eigenvalue weighted by molar-refractivity contribution is 0.0848. The van der Waals surface area contributed by atoms with Gasteiger partial charge in [-0.2, -0.15) is 0 Å². The third kappa shape index (κ3) is 2.88. The fraction of sp³-hybridized carbons (Fsp3) is 0.214. The summed E-state index contributed by atoms with van der Waals surface area (Å²) in [5, 5.41) is 12.4. The number of hydrogen-bond acceptors (Lipinski definition) is 3. The van der Waals surface area contributed by atoms with E-state index in [4.69, 9.17) is 4.42 Å². The molecule has 2 aromatic rings. The number of nitrogens with one attached hydrogen (secondary N) is 1. The highest BCUT2D eigenvalue weighted by Crippen LogP contribution is 2.23. The highest BCUT2D eigenvalue weighted by Gasteiger charge is 2.29. The SMILES string of the molecule is CC(CO)(NC(=O)c1ccoc1Br)c1ccccc1. The van der Waals surface area contributed by atoms with Gasteiger partial charge in [0.1, 0.15) is 0 Å². The molecule has 5 heteroatoms. The van der Waals surface area contributed by atoms with Gasteiger partial charge in [-0.05, 0) is 34.5 Å². The van der Waals surface area contributed by atoms with Gasteiger partial charge in [0.05, 0.1) is 24.0 Å². The fourth-order valence-corrected chi connectivity index (χ4v) is 2.20. The van der Waals surface area contributed by atoms with E-state index in [0.29, 0.717) is 10.2 Å². The third-order valence-corrected chi connectivity index (χ3v) is 3.59. The highest BCUT2D eigenvalue weighted by atomic mass is 79.9. The number of hydrogen-bond donors (Lipinski definition) is 2. The summed E-state index contributed by atoms with van der Waals surface area (Å²) < 4.78 is 5.41. The van der Waals surface area contributed by atoms with Crippen molar-refractivity contribution in [2.24, 2.45) is 0 Å². The van der Waals surface area contributed by atoms with Crippen LogP contribution in [-0.4, -0.2) is 17.6 Å². The van der Waals surface area contributed by atoms with Crippen molar-refractivity contribution in [1.29, 1.82) is 0 Å². The molecule has 1 aromatic heterocycles. The van der Waals surface area contributed by atoms with Gasteiger partial charge in [0, 0.05) is 0 Å². The van der Waals surface area contributed by atoms with Crippen LogP contribution in [0.2, 0.25) is 0 Å². The topological polar surface area (TPSA) is 62.5 Å². The minimum atomic E-state index is -0.838. The summed E-state index contributed by atoms with van der Waals surface area (Å²) in [7, 11) is 0. The van der Waals surface area contributed by atoms with Gasteiger partial charge in [-0.3, -0.25) is 4.79 Å². The predicted molar refractivity (Wildman–Crippen MR) is 74.8 cm³/mol. The van der Waals surface area contributed by atoms with Gasteiger partial charge < -0.3 is 14.8 Å². The fourth-order valence-electron chi connectivity index (χ4n) is 1.78. The van der Waals surface area contributed by atoms with Crippen molar-refractivity contribution in [3.05, 3.63) is 58.5 Å². The van der Waals surface area contributed by atoms with E-state index >= 15 is 0 Å². The Hall–Kier alpha value is -1.59. The van der Waals surface area contributed by atoms with Crippen molar-refractivity contribution in [2.75, 3.05) is 6.61 Å². The molecule has 0 saturated heterocycles. The smallest absolute Gasteiger partial charge is 0.256 e. The lowest BCUT2D eigenvalue weighted by Crippen LogP contribution is -2.46. The van der Waals surface area contributed by atoms with E-state index in [0.717, 1.165) is 5.56 Å². The van der Waals surface area contributed by atoms with Gasteiger partial charge >= 0.3 is 0 Å². The molecular weight excluding hydrogens is 310 g/mol. The van der Waals surface area contributed by atoms with Crippen LogP contribution in [0, 0.1) is 0 Å². The van der Waals surface area contributed by atoms with E-state index in [-0.39, 0.29) is 12.5 Å². The Morgan fingerprint density at radius 2 is 2.05 bits per heavy atom. The molecule has 1 amide bonds. The van der Waals surface area contributed by atoms with Gasteiger partial charge in [0.2, 0.25) is 0 Å². The molecule has 0 radical (unpaired) electrons. The summed E-state index contributed by atoms with van der Waals surface area (Å²) in [6.07, 6.45) is 1.43. The molecule has 0 aliphatic rings. The van der Waals surface area contributed by atoms with Crippen LogP contribution in [0.15, 0.2) is 51.7 Å². The lowest BCUT2D eigenvalue weighted by Gasteiger charge is -2.29. The minimum Gasteiger partial charge on any atom is -0.457 e. The number of rotatable bonds is 4. The van der Waals surface area contributed by atoms with Crippen LogP contribution in [0.3, 0.4) is 0 Å². The maximum Gasteiger partial charge on any atom is 0.256 e. The number of halogens is 1. The Morgan fingerprint density at radius 1 is 1.37 bits per heavy atom. The van der Waals surface area contributed by atoms with Crippen LogP contribution in [0.1, 0.15) is 22.8 Å². The van der Waals surface area contributed by atoms with Crippen molar-refractivity contribution in [3.8, 4) is 0 Å². The minimum absolute atomic E-state index is 0.196. The van der Waals surface area contributed by atoms with Crippen LogP contribution in [0.4, 0.5) is 0 Å². The molecule has 0 spiro atoms. The summed E-state index contributed by atoms with van der Waals surface area (Å²) >= 11 is 3.16. The Labute approximate surface area is 119 Å². The molecule has 0 aliphatic carbocycles. The molecule has 0 saturated carbocycles. The van der Waals surface area contributed by atoms with Crippen LogP contribution in [-0.2, 0) is 5.54 Å². The van der Waals surface area contributed by atoms with E-state index in [1.165, 1.54) is 6.26 Å². The van der Waals surface area contributed by atoms with E-state index in [1.54, 1.807) is 13.0 Å². The second-order valence-electron chi connectivity index (χ2n) is 4.42. The average molecular weight is 324 g/mol.